The van der Waals surface area contributed by atoms with Gasteiger partial charge in [-0.05, 0) is 38.5 Å². The molecule has 2 fully saturated rings. The molecule has 0 aromatic heterocycles. The Hall–Kier alpha value is -0.710. The minimum absolute atomic E-state index is 0.0355. The summed E-state index contributed by atoms with van der Waals surface area (Å²) >= 11 is 0. The number of carbonyl (C=O) groups excluding carboxylic acids is 1. The van der Waals surface area contributed by atoms with E-state index in [4.69, 9.17) is 9.47 Å². The molecule has 4 nitrogen and oxygen atoms in total. The van der Waals surface area contributed by atoms with Crippen LogP contribution in [0.25, 0.3) is 0 Å². The lowest BCUT2D eigenvalue weighted by Crippen LogP contribution is -2.48. The molecule has 8 unspecified atom stereocenters. The molecule has 4 heteroatoms. The van der Waals surface area contributed by atoms with Crippen molar-refractivity contribution >= 4 is 5.78 Å². The van der Waals surface area contributed by atoms with Crippen molar-refractivity contribution in [1.82, 2.24) is 0 Å². The lowest BCUT2D eigenvalue weighted by atomic mass is 9.71. The topological polar surface area (TPSA) is 59.1 Å². The Kier molecular flexibility index (Phi) is 6.74. The van der Waals surface area contributed by atoms with Gasteiger partial charge in [-0.1, -0.05) is 46.8 Å². The zero-order valence-corrected chi connectivity index (χ0v) is 17.6. The van der Waals surface area contributed by atoms with Gasteiger partial charge in [-0.15, -0.1) is 0 Å². The second-order valence-electron chi connectivity index (χ2n) is 8.71. The molecule has 0 amide bonds. The van der Waals surface area contributed by atoms with Crippen molar-refractivity contribution in [3.63, 3.8) is 0 Å². The van der Waals surface area contributed by atoms with Crippen molar-refractivity contribution in [1.29, 1.82) is 0 Å². The van der Waals surface area contributed by atoms with Crippen LogP contribution in [-0.2, 0) is 14.3 Å². The summed E-state index contributed by atoms with van der Waals surface area (Å²) < 4.78 is 11.8. The Bertz CT molecular complexity index is 530. The summed E-state index contributed by atoms with van der Waals surface area (Å²) in [5.41, 5.74) is -0.238. The number of ketones is 1. The van der Waals surface area contributed by atoms with Gasteiger partial charge in [0.05, 0.1) is 18.3 Å². The maximum absolute atomic E-state index is 13.3. The monoisotopic (exact) mass is 366 g/mol. The predicted molar refractivity (Wildman–Crippen MR) is 104 cm³/mol. The zero-order valence-electron chi connectivity index (χ0n) is 17.6. The number of ether oxygens (including phenoxy) is 2. The van der Waals surface area contributed by atoms with Crippen LogP contribution in [0.15, 0.2) is 12.2 Å². The number of aliphatic hydroxyl groups is 1. The SMILES string of the molecule is C/C=C\C(C)C1OC1(C)C(C)C(CC)C(=O)C1COC(O)(CC)CC1C. The quantitative estimate of drug-likeness (QED) is 0.512. The molecule has 8 atom stereocenters. The summed E-state index contributed by atoms with van der Waals surface area (Å²) in [6, 6.07) is 0. The first-order valence-corrected chi connectivity index (χ1v) is 10.3. The normalized spacial score (nSPS) is 41.0. The van der Waals surface area contributed by atoms with Gasteiger partial charge >= 0.3 is 0 Å². The van der Waals surface area contributed by atoms with Crippen LogP contribution in [0.5, 0.6) is 0 Å². The van der Waals surface area contributed by atoms with Crippen molar-refractivity contribution in [3.8, 4) is 0 Å². The van der Waals surface area contributed by atoms with Gasteiger partial charge in [0.2, 0.25) is 0 Å². The van der Waals surface area contributed by atoms with E-state index >= 15 is 0 Å². The average Bonchev–Trinajstić information content (AvgIpc) is 3.29. The van der Waals surface area contributed by atoms with Gasteiger partial charge in [0.1, 0.15) is 5.78 Å². The summed E-state index contributed by atoms with van der Waals surface area (Å²) in [4.78, 5) is 13.3. The molecule has 26 heavy (non-hydrogen) atoms. The van der Waals surface area contributed by atoms with Crippen LogP contribution in [0.1, 0.15) is 67.7 Å². The smallest absolute Gasteiger partial charge is 0.165 e. The summed E-state index contributed by atoms with van der Waals surface area (Å²) in [6.07, 6.45) is 6.32. The molecule has 2 heterocycles. The van der Waals surface area contributed by atoms with Crippen LogP contribution in [0.2, 0.25) is 0 Å². The highest BCUT2D eigenvalue weighted by Gasteiger charge is 2.60. The zero-order chi connectivity index (χ0) is 19.7. The van der Waals surface area contributed by atoms with Crippen LogP contribution < -0.4 is 0 Å². The number of hydrogen-bond acceptors (Lipinski definition) is 4. The highest BCUT2D eigenvalue weighted by Crippen LogP contribution is 2.51. The van der Waals surface area contributed by atoms with Crippen molar-refractivity contribution < 1.29 is 19.4 Å². The van der Waals surface area contributed by atoms with E-state index in [9.17, 15) is 9.90 Å². The molecule has 1 N–H and O–H groups in total. The molecule has 0 saturated carbocycles. The number of allylic oxidation sites excluding steroid dienone is 1. The molecule has 0 aromatic carbocycles. The highest BCUT2D eigenvalue weighted by molar-refractivity contribution is 5.84. The molecule has 0 aliphatic carbocycles. The maximum Gasteiger partial charge on any atom is 0.165 e. The fourth-order valence-electron chi connectivity index (χ4n) is 4.84. The van der Waals surface area contributed by atoms with Gasteiger partial charge in [-0.25, -0.2) is 0 Å². The molecule has 2 aliphatic rings. The highest BCUT2D eigenvalue weighted by atomic mass is 16.6. The Morgan fingerprint density at radius 3 is 2.50 bits per heavy atom. The number of Topliss-reactive ketones (excluding diaryl/α,β-unsaturated/α-hetero) is 1. The second-order valence-corrected chi connectivity index (χ2v) is 8.71. The van der Waals surface area contributed by atoms with Gasteiger partial charge in [-0.3, -0.25) is 4.79 Å². The van der Waals surface area contributed by atoms with E-state index in [1.54, 1.807) is 0 Å². The largest absolute Gasteiger partial charge is 0.365 e. The summed E-state index contributed by atoms with van der Waals surface area (Å²) in [5, 5.41) is 10.4. The summed E-state index contributed by atoms with van der Waals surface area (Å²) in [5.74, 6) is -0.307. The molecule has 2 saturated heterocycles. The first kappa shape index (κ1) is 21.6. The lowest BCUT2D eigenvalue weighted by molar-refractivity contribution is -0.247. The summed E-state index contributed by atoms with van der Waals surface area (Å²) in [7, 11) is 0. The van der Waals surface area contributed by atoms with Gasteiger partial charge in [0.15, 0.2) is 5.79 Å². The van der Waals surface area contributed by atoms with Crippen LogP contribution in [0, 0.1) is 29.6 Å². The van der Waals surface area contributed by atoms with Gasteiger partial charge < -0.3 is 14.6 Å². The van der Waals surface area contributed by atoms with Crippen LogP contribution in [0.4, 0.5) is 0 Å². The van der Waals surface area contributed by atoms with Gasteiger partial charge in [-0.2, -0.15) is 0 Å². The molecule has 0 radical (unpaired) electrons. The molecule has 2 rings (SSSR count). The number of hydrogen-bond donors (Lipinski definition) is 1. The van der Waals surface area contributed by atoms with Crippen LogP contribution in [-0.4, -0.2) is 35.0 Å². The number of rotatable bonds is 8. The average molecular weight is 367 g/mol. The minimum atomic E-state index is -1.07. The van der Waals surface area contributed by atoms with E-state index in [-0.39, 0.29) is 41.2 Å². The van der Waals surface area contributed by atoms with E-state index in [0.29, 0.717) is 25.4 Å². The van der Waals surface area contributed by atoms with E-state index < -0.39 is 5.79 Å². The van der Waals surface area contributed by atoms with E-state index in [2.05, 4.69) is 46.8 Å². The molecule has 0 aromatic rings. The minimum Gasteiger partial charge on any atom is -0.365 e. The molecular formula is C22H38O4. The number of epoxide rings is 1. The Balaban J connectivity index is 2.07. The molecule has 150 valence electrons. The predicted octanol–water partition coefficient (Wildman–Crippen LogP) is 4.36. The first-order valence-electron chi connectivity index (χ1n) is 10.3. The Morgan fingerprint density at radius 1 is 1.35 bits per heavy atom. The maximum atomic E-state index is 13.3. The third-order valence-electron chi connectivity index (χ3n) is 6.95. The van der Waals surface area contributed by atoms with E-state index in [0.717, 1.165) is 6.42 Å². The first-order chi connectivity index (χ1) is 12.1. The third kappa shape index (κ3) is 4.07. The van der Waals surface area contributed by atoms with Gasteiger partial charge in [0.25, 0.3) is 0 Å². The lowest BCUT2D eigenvalue weighted by Gasteiger charge is -2.41. The van der Waals surface area contributed by atoms with Crippen molar-refractivity contribution in [2.75, 3.05) is 6.61 Å². The third-order valence-corrected chi connectivity index (χ3v) is 6.95. The summed E-state index contributed by atoms with van der Waals surface area (Å²) in [6.45, 7) is 14.9. The van der Waals surface area contributed by atoms with Crippen LogP contribution in [0.3, 0.4) is 0 Å². The fraction of sp³-hybridized carbons (Fsp3) is 0.864. The molecule has 2 aliphatic heterocycles. The molecular weight excluding hydrogens is 328 g/mol. The van der Waals surface area contributed by atoms with Crippen molar-refractivity contribution in [2.45, 2.75) is 85.2 Å². The standard InChI is InChI=1S/C22H38O4/c1-8-11-14(4)20-21(7,26-20)16(6)17(9-2)19(23)18-13-25-22(24,10-3)12-15(18)5/h8,11,14-18,20,24H,9-10,12-13H2,1-7H3/b11-8-. The van der Waals surface area contributed by atoms with Gasteiger partial charge in [0, 0.05) is 24.2 Å². The molecule has 0 spiro atoms. The van der Waals surface area contributed by atoms with E-state index in [1.165, 1.54) is 0 Å². The Morgan fingerprint density at radius 2 is 2.00 bits per heavy atom. The van der Waals surface area contributed by atoms with Crippen molar-refractivity contribution in [3.05, 3.63) is 12.2 Å². The molecule has 0 bridgehead atoms. The number of carbonyl (C=O) groups is 1. The van der Waals surface area contributed by atoms with Crippen molar-refractivity contribution in [2.24, 2.45) is 29.6 Å². The van der Waals surface area contributed by atoms with Crippen LogP contribution >= 0.6 is 0 Å². The second kappa shape index (κ2) is 8.12. The Labute approximate surface area is 159 Å². The fourth-order valence-corrected chi connectivity index (χ4v) is 4.84. The van der Waals surface area contributed by atoms with E-state index in [1.807, 2.05) is 13.8 Å².